The van der Waals surface area contributed by atoms with E-state index in [4.69, 9.17) is 11.6 Å². The van der Waals surface area contributed by atoms with Crippen LogP contribution in [0.1, 0.15) is 29.4 Å². The molecule has 0 unspecified atom stereocenters. The van der Waals surface area contributed by atoms with Gasteiger partial charge in [-0.1, -0.05) is 18.5 Å². The second-order valence-corrected chi connectivity index (χ2v) is 4.37. The van der Waals surface area contributed by atoms with Crippen LogP contribution in [0.2, 0.25) is 5.02 Å². The fraction of sp³-hybridized carbons (Fsp3) is 0.308. The van der Waals surface area contributed by atoms with Crippen LogP contribution in [0, 0.1) is 6.92 Å². The first-order valence-corrected chi connectivity index (χ1v) is 5.80. The maximum atomic E-state index is 11.1. The van der Waals surface area contributed by atoms with E-state index in [0.29, 0.717) is 5.02 Å². The summed E-state index contributed by atoms with van der Waals surface area (Å²) in [5.41, 5.74) is 2.87. The van der Waals surface area contributed by atoms with E-state index in [1.54, 1.807) is 0 Å². The second-order valence-electron chi connectivity index (χ2n) is 3.93. The van der Waals surface area contributed by atoms with Gasteiger partial charge in [0.05, 0.1) is 0 Å². The fourth-order valence-electron chi connectivity index (χ4n) is 2.14. The highest BCUT2D eigenvalue weighted by molar-refractivity contribution is 6.31. The van der Waals surface area contributed by atoms with Crippen molar-refractivity contribution in [2.45, 2.75) is 26.8 Å². The molecule has 0 saturated heterocycles. The minimum Gasteiger partial charge on any atom is -0.344 e. The molecular formula is C13H14ClNO. The van der Waals surface area contributed by atoms with Crippen LogP contribution >= 0.6 is 11.6 Å². The molecule has 3 heteroatoms. The van der Waals surface area contributed by atoms with E-state index in [1.807, 2.05) is 25.1 Å². The quantitative estimate of drug-likeness (QED) is 0.742. The number of hydrogen-bond acceptors (Lipinski definition) is 1. The molecule has 0 aliphatic heterocycles. The van der Waals surface area contributed by atoms with Gasteiger partial charge >= 0.3 is 0 Å². The first-order chi connectivity index (χ1) is 7.69. The van der Waals surface area contributed by atoms with Crippen molar-refractivity contribution in [2.24, 2.45) is 0 Å². The molecule has 2 nitrogen and oxygen atoms in total. The van der Waals surface area contributed by atoms with Gasteiger partial charge in [0.2, 0.25) is 0 Å². The molecule has 0 saturated carbocycles. The van der Waals surface area contributed by atoms with Gasteiger partial charge in [0, 0.05) is 33.7 Å². The molecule has 0 aliphatic carbocycles. The number of benzene rings is 1. The number of carbonyl (C=O) groups excluding carboxylic acids is 1. The minimum absolute atomic E-state index is 0.671. The van der Waals surface area contributed by atoms with E-state index < -0.39 is 0 Å². The standard InChI is InChI=1S/C13H14ClNO/c1-3-6-15-9(2)12(8-16)11-7-10(14)4-5-13(11)15/h4-5,7-8H,3,6H2,1-2H3. The summed E-state index contributed by atoms with van der Waals surface area (Å²) in [6, 6.07) is 5.71. The Morgan fingerprint density at radius 2 is 2.19 bits per heavy atom. The number of rotatable bonds is 3. The molecule has 1 aromatic carbocycles. The summed E-state index contributed by atoms with van der Waals surface area (Å²) in [4.78, 5) is 11.1. The van der Waals surface area contributed by atoms with Crippen molar-refractivity contribution in [3.63, 3.8) is 0 Å². The lowest BCUT2D eigenvalue weighted by molar-refractivity contribution is 0.112. The molecule has 0 atom stereocenters. The summed E-state index contributed by atoms with van der Waals surface area (Å²) in [5, 5.41) is 1.62. The van der Waals surface area contributed by atoms with E-state index in [2.05, 4.69) is 11.5 Å². The van der Waals surface area contributed by atoms with E-state index in [1.165, 1.54) is 0 Å². The van der Waals surface area contributed by atoms with Crippen molar-refractivity contribution in [2.75, 3.05) is 0 Å². The molecule has 2 aromatic rings. The molecule has 16 heavy (non-hydrogen) atoms. The normalized spacial score (nSPS) is 10.9. The molecular weight excluding hydrogens is 222 g/mol. The number of aldehydes is 1. The third-order valence-electron chi connectivity index (χ3n) is 2.90. The zero-order valence-corrected chi connectivity index (χ0v) is 10.2. The van der Waals surface area contributed by atoms with E-state index in [0.717, 1.165) is 41.4 Å². The van der Waals surface area contributed by atoms with Gasteiger partial charge in [-0.05, 0) is 31.5 Å². The van der Waals surface area contributed by atoms with Crippen LogP contribution in [-0.2, 0) is 6.54 Å². The van der Waals surface area contributed by atoms with Gasteiger partial charge in [-0.15, -0.1) is 0 Å². The Morgan fingerprint density at radius 1 is 1.44 bits per heavy atom. The Balaban J connectivity index is 2.80. The number of aryl methyl sites for hydroxylation is 1. The van der Waals surface area contributed by atoms with Gasteiger partial charge in [0.25, 0.3) is 0 Å². The predicted molar refractivity (Wildman–Crippen MR) is 67.4 cm³/mol. The monoisotopic (exact) mass is 235 g/mol. The summed E-state index contributed by atoms with van der Waals surface area (Å²) in [5.74, 6) is 0. The van der Waals surface area contributed by atoms with Crippen LogP contribution < -0.4 is 0 Å². The van der Waals surface area contributed by atoms with Crippen molar-refractivity contribution in [3.8, 4) is 0 Å². The number of carbonyl (C=O) groups is 1. The predicted octanol–water partition coefficient (Wildman–Crippen LogP) is 3.83. The average molecular weight is 236 g/mol. The highest BCUT2D eigenvalue weighted by Crippen LogP contribution is 2.27. The van der Waals surface area contributed by atoms with E-state index in [-0.39, 0.29) is 0 Å². The molecule has 0 N–H and O–H groups in total. The van der Waals surface area contributed by atoms with Crippen LogP contribution in [0.3, 0.4) is 0 Å². The maximum absolute atomic E-state index is 11.1. The van der Waals surface area contributed by atoms with Crippen molar-refractivity contribution in [3.05, 3.63) is 34.5 Å². The zero-order chi connectivity index (χ0) is 11.7. The molecule has 84 valence electrons. The molecule has 0 spiro atoms. The number of hydrogen-bond donors (Lipinski definition) is 0. The number of halogens is 1. The van der Waals surface area contributed by atoms with Gasteiger partial charge in [0.1, 0.15) is 0 Å². The van der Waals surface area contributed by atoms with Gasteiger partial charge < -0.3 is 4.57 Å². The molecule has 0 amide bonds. The number of nitrogens with zero attached hydrogens (tertiary/aromatic N) is 1. The molecule has 0 bridgehead atoms. The lowest BCUT2D eigenvalue weighted by Crippen LogP contribution is -1.99. The summed E-state index contributed by atoms with van der Waals surface area (Å²) < 4.78 is 2.18. The Kier molecular flexibility index (Phi) is 3.01. The van der Waals surface area contributed by atoms with E-state index >= 15 is 0 Å². The molecule has 1 aromatic heterocycles. The summed E-state index contributed by atoms with van der Waals surface area (Å²) >= 11 is 5.96. The molecule has 0 radical (unpaired) electrons. The Labute approximate surface area is 99.8 Å². The largest absolute Gasteiger partial charge is 0.344 e. The smallest absolute Gasteiger partial charge is 0.152 e. The van der Waals surface area contributed by atoms with Gasteiger partial charge in [-0.3, -0.25) is 4.79 Å². The van der Waals surface area contributed by atoms with Crippen molar-refractivity contribution in [1.29, 1.82) is 0 Å². The molecule has 0 aliphatic rings. The number of aromatic nitrogens is 1. The van der Waals surface area contributed by atoms with Crippen LogP contribution in [0.4, 0.5) is 0 Å². The SMILES string of the molecule is CCCn1c(C)c(C=O)c2cc(Cl)ccc21. The highest BCUT2D eigenvalue weighted by atomic mass is 35.5. The lowest BCUT2D eigenvalue weighted by atomic mass is 10.1. The number of fused-ring (bicyclic) bond motifs is 1. The lowest BCUT2D eigenvalue weighted by Gasteiger charge is -2.05. The Hall–Kier alpha value is -1.28. The summed E-state index contributed by atoms with van der Waals surface area (Å²) in [6.45, 7) is 5.03. The van der Waals surface area contributed by atoms with E-state index in [9.17, 15) is 4.79 Å². The molecule has 1 heterocycles. The van der Waals surface area contributed by atoms with Crippen LogP contribution in [0.15, 0.2) is 18.2 Å². The van der Waals surface area contributed by atoms with Crippen molar-refractivity contribution >= 4 is 28.8 Å². The van der Waals surface area contributed by atoms with Crippen molar-refractivity contribution < 1.29 is 4.79 Å². The highest BCUT2D eigenvalue weighted by Gasteiger charge is 2.12. The van der Waals surface area contributed by atoms with Crippen LogP contribution in [0.25, 0.3) is 10.9 Å². The Bertz CT molecular complexity index is 542. The molecule has 0 fully saturated rings. The third-order valence-corrected chi connectivity index (χ3v) is 3.13. The van der Waals surface area contributed by atoms with Gasteiger partial charge in [-0.2, -0.15) is 0 Å². The van der Waals surface area contributed by atoms with Crippen LogP contribution in [-0.4, -0.2) is 10.9 Å². The zero-order valence-electron chi connectivity index (χ0n) is 9.46. The Morgan fingerprint density at radius 3 is 2.81 bits per heavy atom. The van der Waals surface area contributed by atoms with Gasteiger partial charge in [-0.25, -0.2) is 0 Å². The van der Waals surface area contributed by atoms with Crippen molar-refractivity contribution in [1.82, 2.24) is 4.57 Å². The van der Waals surface area contributed by atoms with Crippen LogP contribution in [0.5, 0.6) is 0 Å². The first kappa shape index (κ1) is 11.2. The third kappa shape index (κ3) is 1.63. The fourth-order valence-corrected chi connectivity index (χ4v) is 2.31. The molecule has 2 rings (SSSR count). The topological polar surface area (TPSA) is 22.0 Å². The minimum atomic E-state index is 0.671. The van der Waals surface area contributed by atoms with Gasteiger partial charge in [0.15, 0.2) is 6.29 Å². The maximum Gasteiger partial charge on any atom is 0.152 e. The average Bonchev–Trinajstić information content (AvgIpc) is 2.52. The first-order valence-electron chi connectivity index (χ1n) is 5.42. The summed E-state index contributed by atoms with van der Waals surface area (Å²) in [7, 11) is 0. The summed E-state index contributed by atoms with van der Waals surface area (Å²) in [6.07, 6.45) is 1.96. The second kappa shape index (κ2) is 4.30.